The van der Waals surface area contributed by atoms with Gasteiger partial charge in [-0.1, -0.05) is 19.9 Å². The summed E-state index contributed by atoms with van der Waals surface area (Å²) in [7, 11) is 0. The maximum absolute atomic E-state index is 14.4. The van der Waals surface area contributed by atoms with Crippen LogP contribution in [-0.4, -0.2) is 43.8 Å². The topological polar surface area (TPSA) is 113 Å². The number of aromatic nitrogens is 4. The number of carbonyl (C=O) groups excluding carboxylic acids is 1. The Kier molecular flexibility index (Phi) is 6.46. The summed E-state index contributed by atoms with van der Waals surface area (Å²) in [5, 5.41) is 25.1. The molecule has 0 saturated heterocycles. The third-order valence-electron chi connectivity index (χ3n) is 6.32. The smallest absolute Gasteiger partial charge is 0.254 e. The average molecular weight is 483 g/mol. The molecule has 0 aliphatic rings. The first-order valence-corrected chi connectivity index (χ1v) is 11.7. The van der Waals surface area contributed by atoms with Gasteiger partial charge in [-0.3, -0.25) is 4.79 Å². The molecule has 0 radical (unpaired) electrons. The molecule has 0 saturated carbocycles. The molecule has 1 aromatic carbocycles. The van der Waals surface area contributed by atoms with Crippen molar-refractivity contribution < 1.29 is 14.3 Å². The number of fused-ring (bicyclic) bond motifs is 3. The fourth-order valence-corrected chi connectivity index (χ4v) is 4.56. The summed E-state index contributed by atoms with van der Waals surface area (Å²) in [6, 6.07) is 4.09. The number of anilines is 1. The van der Waals surface area contributed by atoms with Gasteiger partial charge in [-0.15, -0.1) is 16.4 Å². The minimum atomic E-state index is -0.603. The number of hydrogen-bond donors (Lipinski definition) is 3. The summed E-state index contributed by atoms with van der Waals surface area (Å²) in [5.74, 6) is -0.487. The molecule has 0 aliphatic heterocycles. The van der Waals surface area contributed by atoms with Crippen molar-refractivity contribution in [2.75, 3.05) is 11.9 Å². The maximum Gasteiger partial charge on any atom is 0.254 e. The molecule has 3 heterocycles. The quantitative estimate of drug-likeness (QED) is 0.363. The Labute approximate surface area is 200 Å². The molecular weight excluding hydrogens is 455 g/mol. The van der Waals surface area contributed by atoms with Crippen LogP contribution in [0.25, 0.3) is 20.4 Å². The van der Waals surface area contributed by atoms with E-state index in [1.807, 2.05) is 27.7 Å². The van der Waals surface area contributed by atoms with Crippen molar-refractivity contribution in [3.05, 3.63) is 52.7 Å². The molecule has 34 heavy (non-hydrogen) atoms. The van der Waals surface area contributed by atoms with E-state index in [1.165, 1.54) is 29.8 Å². The van der Waals surface area contributed by atoms with Crippen molar-refractivity contribution in [2.24, 2.45) is 5.41 Å². The van der Waals surface area contributed by atoms with Crippen LogP contribution in [0, 0.1) is 25.1 Å². The van der Waals surface area contributed by atoms with Gasteiger partial charge >= 0.3 is 0 Å². The fraction of sp³-hybridized carbons (Fsp3) is 0.375. The molecule has 3 N–H and O–H groups in total. The summed E-state index contributed by atoms with van der Waals surface area (Å²) < 4.78 is 15.3. The van der Waals surface area contributed by atoms with Crippen LogP contribution in [-0.2, 0) is 6.54 Å². The third kappa shape index (κ3) is 4.43. The number of aryl methyl sites for hydroxylation is 2. The van der Waals surface area contributed by atoms with Crippen LogP contribution >= 0.6 is 11.3 Å². The van der Waals surface area contributed by atoms with Crippen LogP contribution in [0.15, 0.2) is 24.5 Å². The first-order chi connectivity index (χ1) is 16.1. The van der Waals surface area contributed by atoms with E-state index in [0.29, 0.717) is 12.4 Å². The Balaban J connectivity index is 1.58. The molecular formula is C24H27FN6O2S. The highest BCUT2D eigenvalue weighted by Crippen LogP contribution is 2.36. The Morgan fingerprint density at radius 3 is 2.74 bits per heavy atom. The second kappa shape index (κ2) is 9.19. The van der Waals surface area contributed by atoms with Crippen LogP contribution in [0.3, 0.4) is 0 Å². The molecule has 1 amide bonds. The number of hydrogen-bond acceptors (Lipinski definition) is 8. The summed E-state index contributed by atoms with van der Waals surface area (Å²) in [5.41, 5.74) is 2.85. The van der Waals surface area contributed by atoms with Crippen LogP contribution < -0.4 is 10.6 Å². The predicted molar refractivity (Wildman–Crippen MR) is 132 cm³/mol. The Hall–Kier alpha value is -3.24. The number of thiophene rings is 1. The van der Waals surface area contributed by atoms with E-state index in [4.69, 9.17) is 0 Å². The highest BCUT2D eigenvalue weighted by molar-refractivity contribution is 7.25. The molecule has 4 aromatic rings. The highest BCUT2D eigenvalue weighted by atomic mass is 32.1. The first kappa shape index (κ1) is 23.9. The normalized spacial score (nSPS) is 12.8. The monoisotopic (exact) mass is 482 g/mol. The SMILES string of the molecule is Cc1nnc2sc3c(NCc4ccc(F)c(C(=O)NC(C)C(C)(C)CO)c4)ncnc3c2c1C. The van der Waals surface area contributed by atoms with E-state index in [9.17, 15) is 14.3 Å². The molecule has 0 fully saturated rings. The zero-order valence-corrected chi connectivity index (χ0v) is 20.5. The largest absolute Gasteiger partial charge is 0.396 e. The lowest BCUT2D eigenvalue weighted by Gasteiger charge is -2.30. The fourth-order valence-electron chi connectivity index (χ4n) is 3.46. The lowest BCUT2D eigenvalue weighted by molar-refractivity contribution is 0.0830. The molecule has 10 heteroatoms. The second-order valence-electron chi connectivity index (χ2n) is 9.10. The molecule has 4 rings (SSSR count). The molecule has 0 spiro atoms. The predicted octanol–water partition coefficient (Wildman–Crippen LogP) is 4.14. The molecule has 8 nitrogen and oxygen atoms in total. The second-order valence-corrected chi connectivity index (χ2v) is 10.1. The molecule has 3 aromatic heterocycles. The third-order valence-corrected chi connectivity index (χ3v) is 7.39. The minimum absolute atomic E-state index is 0.0454. The number of amides is 1. The summed E-state index contributed by atoms with van der Waals surface area (Å²) >= 11 is 1.46. The summed E-state index contributed by atoms with van der Waals surface area (Å²) in [6.45, 7) is 9.61. The van der Waals surface area contributed by atoms with Crippen molar-refractivity contribution in [1.29, 1.82) is 0 Å². The van der Waals surface area contributed by atoms with Crippen LogP contribution in [0.1, 0.15) is 48.0 Å². The minimum Gasteiger partial charge on any atom is -0.396 e. The molecule has 0 aliphatic carbocycles. The lowest BCUT2D eigenvalue weighted by Crippen LogP contribution is -2.45. The van der Waals surface area contributed by atoms with Gasteiger partial charge in [0.05, 0.1) is 28.1 Å². The van der Waals surface area contributed by atoms with Gasteiger partial charge in [0, 0.05) is 23.4 Å². The van der Waals surface area contributed by atoms with Gasteiger partial charge in [0.15, 0.2) is 0 Å². The first-order valence-electron chi connectivity index (χ1n) is 10.9. The molecule has 1 unspecified atom stereocenters. The highest BCUT2D eigenvalue weighted by Gasteiger charge is 2.27. The average Bonchev–Trinajstić information content (AvgIpc) is 3.20. The molecule has 1 atom stereocenters. The van der Waals surface area contributed by atoms with Crippen molar-refractivity contribution in [3.8, 4) is 0 Å². The number of nitrogens with zero attached hydrogens (tertiary/aromatic N) is 4. The number of halogens is 1. The van der Waals surface area contributed by atoms with Gasteiger partial charge in [-0.05, 0) is 44.0 Å². The van der Waals surface area contributed by atoms with Crippen LogP contribution in [0.4, 0.5) is 10.2 Å². The van der Waals surface area contributed by atoms with Gasteiger partial charge in [0.1, 0.15) is 22.8 Å². The van der Waals surface area contributed by atoms with Gasteiger partial charge < -0.3 is 15.7 Å². The van der Waals surface area contributed by atoms with Crippen molar-refractivity contribution in [2.45, 2.75) is 47.2 Å². The van der Waals surface area contributed by atoms with E-state index in [-0.39, 0.29) is 18.2 Å². The Morgan fingerprint density at radius 1 is 1.24 bits per heavy atom. The van der Waals surface area contributed by atoms with E-state index in [2.05, 4.69) is 30.8 Å². The van der Waals surface area contributed by atoms with E-state index < -0.39 is 17.1 Å². The number of carbonyl (C=O) groups is 1. The van der Waals surface area contributed by atoms with Gasteiger partial charge in [-0.2, -0.15) is 5.10 Å². The van der Waals surface area contributed by atoms with E-state index >= 15 is 0 Å². The molecule has 0 bridgehead atoms. The van der Waals surface area contributed by atoms with Gasteiger partial charge in [0.2, 0.25) is 0 Å². The Morgan fingerprint density at radius 2 is 2.00 bits per heavy atom. The summed E-state index contributed by atoms with van der Waals surface area (Å²) in [6.07, 6.45) is 1.50. The number of nitrogens with one attached hydrogen (secondary N) is 2. The maximum atomic E-state index is 14.4. The summed E-state index contributed by atoms with van der Waals surface area (Å²) in [4.78, 5) is 22.4. The van der Waals surface area contributed by atoms with Gasteiger partial charge in [-0.25, -0.2) is 14.4 Å². The van der Waals surface area contributed by atoms with Crippen LogP contribution in [0.5, 0.6) is 0 Å². The van der Waals surface area contributed by atoms with E-state index in [0.717, 1.165) is 37.3 Å². The van der Waals surface area contributed by atoms with Crippen molar-refractivity contribution >= 4 is 43.5 Å². The van der Waals surface area contributed by atoms with Gasteiger partial charge in [0.25, 0.3) is 5.91 Å². The van der Waals surface area contributed by atoms with E-state index in [1.54, 1.807) is 13.0 Å². The Bertz CT molecular complexity index is 1390. The zero-order chi connectivity index (χ0) is 24.6. The standard InChI is InChI=1S/C24H27FN6O2S/c1-12-13(2)30-31-23-18(12)19-20(34-23)21(28-11-27-19)26-9-15-6-7-17(25)16(8-15)22(33)29-14(3)24(4,5)10-32/h6-8,11,14,32H,9-10H2,1-5H3,(H,29,33)(H,26,27,28). The number of rotatable bonds is 7. The molecule has 178 valence electrons. The number of aliphatic hydroxyl groups excluding tert-OH is 1. The van der Waals surface area contributed by atoms with Crippen LogP contribution in [0.2, 0.25) is 0 Å². The number of benzene rings is 1. The van der Waals surface area contributed by atoms with Crippen molar-refractivity contribution in [3.63, 3.8) is 0 Å². The zero-order valence-electron chi connectivity index (χ0n) is 19.7. The lowest BCUT2D eigenvalue weighted by atomic mass is 9.86. The van der Waals surface area contributed by atoms with Crippen molar-refractivity contribution in [1.82, 2.24) is 25.5 Å². The number of aliphatic hydroxyl groups is 1.